The molecule has 0 spiro atoms. The number of amides is 1. The zero-order valence-electron chi connectivity index (χ0n) is 15.4. The second kappa shape index (κ2) is 10.2. The number of benzene rings is 3. The maximum Gasteiger partial charge on any atom is 0.412 e. The SMILES string of the molecule is N#Cc1cc(Cl)cc(Oc2c(Br)ccc(COC(=O)Nc3ccc(Cl)cc3Cl)c2F)c1. The molecule has 0 aromatic heterocycles. The Labute approximate surface area is 200 Å². The van der Waals surface area contributed by atoms with Crippen molar-refractivity contribution in [2.45, 2.75) is 6.61 Å². The zero-order valence-corrected chi connectivity index (χ0v) is 19.2. The molecule has 0 saturated heterocycles. The summed E-state index contributed by atoms with van der Waals surface area (Å²) in [4.78, 5) is 12.1. The predicted octanol–water partition coefficient (Wildman–Crippen LogP) is 7.96. The van der Waals surface area contributed by atoms with Gasteiger partial charge in [0.2, 0.25) is 0 Å². The van der Waals surface area contributed by atoms with Gasteiger partial charge in [-0.05, 0) is 58.4 Å². The van der Waals surface area contributed by atoms with Gasteiger partial charge < -0.3 is 9.47 Å². The molecule has 10 heteroatoms. The predicted molar refractivity (Wildman–Crippen MR) is 121 cm³/mol. The van der Waals surface area contributed by atoms with Crippen LogP contribution < -0.4 is 10.1 Å². The molecule has 0 fully saturated rings. The van der Waals surface area contributed by atoms with Gasteiger partial charge in [-0.25, -0.2) is 9.18 Å². The highest BCUT2D eigenvalue weighted by Gasteiger charge is 2.17. The highest BCUT2D eigenvalue weighted by Crippen LogP contribution is 2.35. The molecule has 1 amide bonds. The highest BCUT2D eigenvalue weighted by atomic mass is 79.9. The first-order valence-corrected chi connectivity index (χ1v) is 10.4. The van der Waals surface area contributed by atoms with Crippen molar-refractivity contribution in [2.24, 2.45) is 0 Å². The Bertz CT molecular complexity index is 1200. The second-order valence-corrected chi connectivity index (χ2v) is 8.20. The molecule has 0 aliphatic heterocycles. The summed E-state index contributed by atoms with van der Waals surface area (Å²) in [6.45, 7) is -0.370. The Kier molecular flexibility index (Phi) is 7.63. The number of rotatable bonds is 5. The third-order valence-electron chi connectivity index (χ3n) is 3.88. The Morgan fingerprint density at radius 2 is 1.87 bits per heavy atom. The van der Waals surface area contributed by atoms with Crippen molar-refractivity contribution in [1.29, 1.82) is 5.26 Å². The summed E-state index contributed by atoms with van der Waals surface area (Å²) in [5.74, 6) is -0.713. The summed E-state index contributed by atoms with van der Waals surface area (Å²) in [6.07, 6.45) is -0.831. The lowest BCUT2D eigenvalue weighted by Crippen LogP contribution is -2.14. The van der Waals surface area contributed by atoms with Gasteiger partial charge in [-0.2, -0.15) is 5.26 Å². The first kappa shape index (κ1) is 23.2. The molecule has 0 heterocycles. The smallest absolute Gasteiger partial charge is 0.412 e. The Hall–Kier alpha value is -2.50. The van der Waals surface area contributed by atoms with E-state index in [0.717, 1.165) is 0 Å². The number of carbonyl (C=O) groups excluding carboxylic acids is 1. The number of nitriles is 1. The van der Waals surface area contributed by atoms with Gasteiger partial charge in [0.1, 0.15) is 12.4 Å². The van der Waals surface area contributed by atoms with Crippen LogP contribution in [0.1, 0.15) is 11.1 Å². The summed E-state index contributed by atoms with van der Waals surface area (Å²) in [5, 5.41) is 12.4. The van der Waals surface area contributed by atoms with Gasteiger partial charge >= 0.3 is 6.09 Å². The van der Waals surface area contributed by atoms with Crippen LogP contribution in [0, 0.1) is 17.1 Å². The number of nitrogens with one attached hydrogen (secondary N) is 1. The normalized spacial score (nSPS) is 10.3. The van der Waals surface area contributed by atoms with E-state index in [-0.39, 0.29) is 39.3 Å². The Balaban J connectivity index is 1.74. The van der Waals surface area contributed by atoms with Gasteiger partial charge in [0.25, 0.3) is 0 Å². The zero-order chi connectivity index (χ0) is 22.5. The number of carbonyl (C=O) groups is 1. The molecule has 3 aromatic carbocycles. The molecule has 0 aliphatic carbocycles. The quantitative estimate of drug-likeness (QED) is 0.354. The Morgan fingerprint density at radius 3 is 2.58 bits per heavy atom. The van der Waals surface area contributed by atoms with Crippen molar-refractivity contribution in [3.8, 4) is 17.6 Å². The van der Waals surface area contributed by atoms with Crippen LogP contribution in [0.2, 0.25) is 15.1 Å². The third-order valence-corrected chi connectivity index (χ3v) is 5.27. The van der Waals surface area contributed by atoms with Crippen molar-refractivity contribution >= 4 is 62.5 Å². The van der Waals surface area contributed by atoms with Crippen molar-refractivity contribution < 1.29 is 18.7 Å². The van der Waals surface area contributed by atoms with Crippen LogP contribution in [0.15, 0.2) is 53.0 Å². The number of halogens is 5. The van der Waals surface area contributed by atoms with Crippen LogP contribution >= 0.6 is 50.7 Å². The van der Waals surface area contributed by atoms with Gasteiger partial charge in [-0.15, -0.1) is 0 Å². The maximum atomic E-state index is 15.0. The van der Waals surface area contributed by atoms with Gasteiger partial charge in [0, 0.05) is 15.6 Å². The highest BCUT2D eigenvalue weighted by molar-refractivity contribution is 9.10. The van der Waals surface area contributed by atoms with Crippen LogP contribution in [-0.4, -0.2) is 6.09 Å². The van der Waals surface area contributed by atoms with Crippen LogP contribution in [0.25, 0.3) is 0 Å². The van der Waals surface area contributed by atoms with E-state index in [4.69, 9.17) is 49.5 Å². The summed E-state index contributed by atoms with van der Waals surface area (Å²) >= 11 is 21.0. The summed E-state index contributed by atoms with van der Waals surface area (Å²) in [6, 6.07) is 13.8. The minimum atomic E-state index is -0.831. The average molecular weight is 545 g/mol. The minimum Gasteiger partial charge on any atom is -0.453 e. The molecule has 0 radical (unpaired) electrons. The molecule has 0 saturated carbocycles. The van der Waals surface area contributed by atoms with Crippen LogP contribution in [0.5, 0.6) is 11.5 Å². The van der Waals surface area contributed by atoms with E-state index >= 15 is 0 Å². The molecule has 5 nitrogen and oxygen atoms in total. The molecule has 0 unspecified atom stereocenters. The molecular formula is C21H11BrCl3FN2O3. The molecule has 31 heavy (non-hydrogen) atoms. The van der Waals surface area contributed by atoms with Gasteiger partial charge in [-0.1, -0.05) is 40.9 Å². The molecule has 3 rings (SSSR count). The van der Waals surface area contributed by atoms with Crippen molar-refractivity contribution in [1.82, 2.24) is 0 Å². The number of hydrogen-bond acceptors (Lipinski definition) is 4. The fourth-order valence-electron chi connectivity index (χ4n) is 2.46. The topological polar surface area (TPSA) is 71.3 Å². The van der Waals surface area contributed by atoms with Gasteiger partial charge in [0.15, 0.2) is 11.6 Å². The van der Waals surface area contributed by atoms with Gasteiger partial charge in [0.05, 0.1) is 26.8 Å². The number of hydrogen-bond donors (Lipinski definition) is 1. The van der Waals surface area contributed by atoms with E-state index in [1.54, 1.807) is 12.1 Å². The first-order valence-electron chi connectivity index (χ1n) is 8.51. The van der Waals surface area contributed by atoms with E-state index < -0.39 is 11.9 Å². The standard InChI is InChI=1S/C21H11BrCl3FN2O3/c22-16-3-1-12(10-30-21(29)28-18-4-2-13(23)8-17(18)25)19(26)20(16)31-15-6-11(9-27)5-14(24)7-15/h1-8H,10H2,(H,28,29). The molecule has 3 aromatic rings. The fourth-order valence-corrected chi connectivity index (χ4v) is 3.53. The van der Waals surface area contributed by atoms with E-state index in [0.29, 0.717) is 15.2 Å². The van der Waals surface area contributed by atoms with Crippen molar-refractivity contribution in [3.63, 3.8) is 0 Å². The number of anilines is 1. The lowest BCUT2D eigenvalue weighted by Gasteiger charge is -2.13. The molecule has 0 bridgehead atoms. The molecule has 158 valence electrons. The first-order chi connectivity index (χ1) is 14.8. The van der Waals surface area contributed by atoms with Crippen LogP contribution in [0.4, 0.5) is 14.9 Å². The minimum absolute atomic E-state index is 0.0677. The lowest BCUT2D eigenvalue weighted by molar-refractivity contribution is 0.153. The number of ether oxygens (including phenoxy) is 2. The largest absolute Gasteiger partial charge is 0.453 e. The van der Waals surface area contributed by atoms with Gasteiger partial charge in [-0.3, -0.25) is 5.32 Å². The fraction of sp³-hybridized carbons (Fsp3) is 0.0476. The molecule has 1 N–H and O–H groups in total. The van der Waals surface area contributed by atoms with E-state index in [1.807, 2.05) is 6.07 Å². The Morgan fingerprint density at radius 1 is 1.10 bits per heavy atom. The average Bonchev–Trinajstić information content (AvgIpc) is 2.72. The van der Waals surface area contributed by atoms with E-state index in [9.17, 15) is 9.18 Å². The van der Waals surface area contributed by atoms with E-state index in [1.165, 1.54) is 36.4 Å². The van der Waals surface area contributed by atoms with Crippen LogP contribution in [-0.2, 0) is 11.3 Å². The molecule has 0 atom stereocenters. The molecular weight excluding hydrogens is 534 g/mol. The van der Waals surface area contributed by atoms with Crippen LogP contribution in [0.3, 0.4) is 0 Å². The van der Waals surface area contributed by atoms with Crippen molar-refractivity contribution in [2.75, 3.05) is 5.32 Å². The summed E-state index contributed by atoms with van der Waals surface area (Å²) in [7, 11) is 0. The third kappa shape index (κ3) is 6.02. The summed E-state index contributed by atoms with van der Waals surface area (Å²) < 4.78 is 26.0. The monoisotopic (exact) mass is 542 g/mol. The lowest BCUT2D eigenvalue weighted by atomic mass is 10.2. The van der Waals surface area contributed by atoms with Crippen molar-refractivity contribution in [3.05, 3.63) is 85.0 Å². The number of nitrogens with zero attached hydrogens (tertiary/aromatic N) is 1. The van der Waals surface area contributed by atoms with E-state index in [2.05, 4.69) is 21.2 Å². The second-order valence-electron chi connectivity index (χ2n) is 6.06. The maximum absolute atomic E-state index is 15.0. The molecule has 0 aliphatic rings. The summed E-state index contributed by atoms with van der Waals surface area (Å²) in [5.41, 5.74) is 0.625.